The number of carbonyl (C=O) groups excluding carboxylic acids is 1. The number of ether oxygens (including phenoxy) is 1. The van der Waals surface area contributed by atoms with Crippen LogP contribution in [0, 0.1) is 0 Å². The Morgan fingerprint density at radius 2 is 2.27 bits per heavy atom. The molecule has 134 valence electrons. The topological polar surface area (TPSA) is 81.4 Å². The molecule has 2 heterocycles. The number of aromatic nitrogens is 2. The van der Waals surface area contributed by atoms with Crippen LogP contribution in [0.1, 0.15) is 33.9 Å². The summed E-state index contributed by atoms with van der Waals surface area (Å²) in [4.78, 5) is 28.0. The number of carboxylic acid groups (broad SMARTS) is 1. The predicted octanol–water partition coefficient (Wildman–Crippen LogP) is 4.92. The Bertz CT molecular complexity index is 1010. The molecule has 1 N–H and O–H groups in total. The third kappa shape index (κ3) is 3.49. The van der Waals surface area contributed by atoms with Gasteiger partial charge < -0.3 is 14.4 Å². The summed E-state index contributed by atoms with van der Waals surface area (Å²) in [5.74, 6) is -0.202. The number of hydrogen-bond donors (Lipinski definition) is 1. The molecule has 0 aliphatic carbocycles. The summed E-state index contributed by atoms with van der Waals surface area (Å²) in [6.07, 6.45) is 1.93. The van der Waals surface area contributed by atoms with Crippen LogP contribution in [0.5, 0.6) is 0 Å². The minimum absolute atomic E-state index is 0.0487. The summed E-state index contributed by atoms with van der Waals surface area (Å²) in [6.45, 7) is 5.46. The number of thiazole rings is 1. The van der Waals surface area contributed by atoms with Gasteiger partial charge in [0.05, 0.1) is 16.8 Å². The van der Waals surface area contributed by atoms with Gasteiger partial charge in [0.2, 0.25) is 5.78 Å². The van der Waals surface area contributed by atoms with E-state index in [1.54, 1.807) is 35.0 Å². The molecule has 0 aliphatic rings. The predicted molar refractivity (Wildman–Crippen MR) is 100 cm³/mol. The lowest BCUT2D eigenvalue weighted by Crippen LogP contribution is -2.06. The maximum absolute atomic E-state index is 13.0. The molecule has 8 heteroatoms. The van der Waals surface area contributed by atoms with Crippen molar-refractivity contribution in [3.63, 3.8) is 0 Å². The van der Waals surface area contributed by atoms with E-state index in [9.17, 15) is 9.59 Å². The Kier molecular flexibility index (Phi) is 5.11. The molecule has 2 aromatic heterocycles. The average molecular weight is 391 g/mol. The molecule has 0 saturated carbocycles. The molecule has 1 atom stereocenters. The van der Waals surface area contributed by atoms with Gasteiger partial charge in [-0.3, -0.25) is 4.79 Å². The number of fused-ring (bicyclic) bond motifs is 1. The highest BCUT2D eigenvalue weighted by atomic mass is 35.5. The zero-order valence-corrected chi connectivity index (χ0v) is 15.4. The molecular weight excluding hydrogens is 376 g/mol. The molecule has 0 spiro atoms. The molecule has 0 fully saturated rings. The van der Waals surface area contributed by atoms with Gasteiger partial charge in [-0.25, -0.2) is 9.78 Å². The summed E-state index contributed by atoms with van der Waals surface area (Å²) in [7, 11) is 0. The maximum Gasteiger partial charge on any atom is 0.507 e. The van der Waals surface area contributed by atoms with E-state index >= 15 is 0 Å². The highest BCUT2D eigenvalue weighted by molar-refractivity contribution is 7.12. The summed E-state index contributed by atoms with van der Waals surface area (Å²) in [5, 5.41) is 12.0. The van der Waals surface area contributed by atoms with Crippen molar-refractivity contribution in [1.82, 2.24) is 9.55 Å². The quantitative estimate of drug-likeness (QED) is 0.367. The van der Waals surface area contributed by atoms with Gasteiger partial charge in [0.25, 0.3) is 0 Å². The SMILES string of the molecule is C=C[C@H](C)c1csc(C(=O)c2cn(COC(=O)O)c3ccc(Cl)cc23)n1. The van der Waals surface area contributed by atoms with Crippen molar-refractivity contribution in [2.75, 3.05) is 0 Å². The van der Waals surface area contributed by atoms with Crippen LogP contribution in [0.25, 0.3) is 10.9 Å². The smallest absolute Gasteiger partial charge is 0.450 e. The van der Waals surface area contributed by atoms with E-state index in [-0.39, 0.29) is 18.4 Å². The second kappa shape index (κ2) is 7.31. The molecule has 6 nitrogen and oxygen atoms in total. The van der Waals surface area contributed by atoms with Crippen molar-refractivity contribution in [3.8, 4) is 0 Å². The van der Waals surface area contributed by atoms with Crippen molar-refractivity contribution in [3.05, 3.63) is 63.7 Å². The van der Waals surface area contributed by atoms with Crippen molar-refractivity contribution < 1.29 is 19.4 Å². The Morgan fingerprint density at radius 3 is 2.96 bits per heavy atom. The molecule has 0 amide bonds. The van der Waals surface area contributed by atoms with E-state index < -0.39 is 6.16 Å². The molecule has 26 heavy (non-hydrogen) atoms. The van der Waals surface area contributed by atoms with Crippen LogP contribution >= 0.6 is 22.9 Å². The fourth-order valence-electron chi connectivity index (χ4n) is 2.52. The fourth-order valence-corrected chi connectivity index (χ4v) is 3.56. The van der Waals surface area contributed by atoms with Gasteiger partial charge in [-0.2, -0.15) is 0 Å². The molecular formula is C18H15ClN2O4S. The first kappa shape index (κ1) is 18.2. The first-order valence-corrected chi connectivity index (χ1v) is 8.93. The zero-order chi connectivity index (χ0) is 18.8. The first-order valence-electron chi connectivity index (χ1n) is 7.67. The van der Waals surface area contributed by atoms with Gasteiger partial charge in [-0.1, -0.05) is 24.6 Å². The van der Waals surface area contributed by atoms with Crippen LogP contribution in [0.3, 0.4) is 0 Å². The van der Waals surface area contributed by atoms with E-state index in [1.807, 2.05) is 12.3 Å². The van der Waals surface area contributed by atoms with Crippen LogP contribution in [0.2, 0.25) is 5.02 Å². The van der Waals surface area contributed by atoms with Crippen LogP contribution in [0.15, 0.2) is 42.4 Å². The van der Waals surface area contributed by atoms with Crippen molar-refractivity contribution in [2.45, 2.75) is 19.6 Å². The van der Waals surface area contributed by atoms with Crippen LogP contribution in [0.4, 0.5) is 4.79 Å². The largest absolute Gasteiger partial charge is 0.507 e. The molecule has 0 unspecified atom stereocenters. The van der Waals surface area contributed by atoms with E-state index in [0.717, 1.165) is 5.69 Å². The minimum atomic E-state index is -1.39. The van der Waals surface area contributed by atoms with Gasteiger partial charge >= 0.3 is 6.16 Å². The lowest BCUT2D eigenvalue weighted by Gasteiger charge is -2.03. The molecule has 0 aliphatic heterocycles. The third-order valence-electron chi connectivity index (χ3n) is 3.95. The van der Waals surface area contributed by atoms with Crippen molar-refractivity contribution in [1.29, 1.82) is 0 Å². The summed E-state index contributed by atoms with van der Waals surface area (Å²) < 4.78 is 6.18. The number of nitrogens with zero attached hydrogens (tertiary/aromatic N) is 2. The Balaban J connectivity index is 2.04. The number of halogens is 1. The van der Waals surface area contributed by atoms with E-state index in [2.05, 4.69) is 16.3 Å². The van der Waals surface area contributed by atoms with Gasteiger partial charge in [-0.15, -0.1) is 17.9 Å². The molecule has 0 bridgehead atoms. The van der Waals surface area contributed by atoms with E-state index in [1.165, 1.54) is 11.3 Å². The minimum Gasteiger partial charge on any atom is -0.450 e. The number of allylic oxidation sites excluding steroid dienone is 1. The summed E-state index contributed by atoms with van der Waals surface area (Å²) >= 11 is 7.33. The van der Waals surface area contributed by atoms with E-state index in [0.29, 0.717) is 26.5 Å². The van der Waals surface area contributed by atoms with Crippen molar-refractivity contribution in [2.24, 2.45) is 0 Å². The number of benzene rings is 1. The third-order valence-corrected chi connectivity index (χ3v) is 5.05. The fraction of sp³-hybridized carbons (Fsp3) is 0.167. The Morgan fingerprint density at radius 1 is 1.50 bits per heavy atom. The molecule has 3 aromatic rings. The van der Waals surface area contributed by atoms with Crippen LogP contribution in [-0.4, -0.2) is 26.6 Å². The summed E-state index contributed by atoms with van der Waals surface area (Å²) in [6, 6.07) is 5.05. The number of hydrogen-bond acceptors (Lipinski definition) is 5. The molecule has 0 radical (unpaired) electrons. The first-order chi connectivity index (χ1) is 12.4. The van der Waals surface area contributed by atoms with Crippen LogP contribution in [-0.2, 0) is 11.5 Å². The molecule has 3 rings (SSSR count). The number of ketones is 1. The zero-order valence-electron chi connectivity index (χ0n) is 13.8. The molecule has 0 saturated heterocycles. The van der Waals surface area contributed by atoms with Gasteiger partial charge in [0.1, 0.15) is 0 Å². The highest BCUT2D eigenvalue weighted by Gasteiger charge is 2.21. The monoisotopic (exact) mass is 390 g/mol. The second-order valence-corrected chi connectivity index (χ2v) is 6.94. The Labute approximate surface area is 158 Å². The summed E-state index contributed by atoms with van der Waals surface area (Å²) in [5.41, 5.74) is 1.82. The second-order valence-electron chi connectivity index (χ2n) is 5.64. The van der Waals surface area contributed by atoms with E-state index in [4.69, 9.17) is 16.7 Å². The van der Waals surface area contributed by atoms with Gasteiger partial charge in [-0.05, 0) is 18.2 Å². The Hall–Kier alpha value is -2.64. The molecule has 1 aromatic carbocycles. The van der Waals surface area contributed by atoms with Gasteiger partial charge in [0, 0.05) is 27.9 Å². The standard InChI is InChI=1S/C18H15ClN2O4S/c1-3-10(2)14-8-26-17(20-14)16(22)13-7-21(9-25-18(23)24)15-5-4-11(19)6-12(13)15/h3-8,10H,1,9H2,2H3,(H,23,24)/t10-/m0/s1. The maximum atomic E-state index is 13.0. The van der Waals surface area contributed by atoms with Gasteiger partial charge in [0.15, 0.2) is 11.7 Å². The highest BCUT2D eigenvalue weighted by Crippen LogP contribution is 2.29. The number of carbonyl (C=O) groups is 2. The lowest BCUT2D eigenvalue weighted by atomic mass is 10.1. The normalized spacial score (nSPS) is 12.1. The average Bonchev–Trinajstić information content (AvgIpc) is 3.23. The number of rotatable bonds is 6. The van der Waals surface area contributed by atoms with Crippen molar-refractivity contribution >= 4 is 45.8 Å². The lowest BCUT2D eigenvalue weighted by molar-refractivity contribution is 0.0663. The van der Waals surface area contributed by atoms with Crippen LogP contribution < -0.4 is 0 Å².